The highest BCUT2D eigenvalue weighted by Gasteiger charge is 2.41. The maximum Gasteiger partial charge on any atom is 0.700 e. The maximum absolute atomic E-state index is 12.5. The SMILES string of the molecule is O=[P+](OC(CCCc1ccc(-c2ccccc2)cc1)S(=O)(=O)O)OC(CCCc1ccc(-c2ccccc2)cc1)S(=O)(=O)O. The van der Waals surface area contributed by atoms with E-state index in [-0.39, 0.29) is 25.7 Å². The van der Waals surface area contributed by atoms with Gasteiger partial charge in [-0.15, -0.1) is 0 Å². The number of hydrogen-bond acceptors (Lipinski definition) is 7. The van der Waals surface area contributed by atoms with Crippen LogP contribution in [0.5, 0.6) is 0 Å². The molecule has 4 aromatic rings. The molecular weight excluding hydrogens is 623 g/mol. The Balaban J connectivity index is 1.28. The summed E-state index contributed by atoms with van der Waals surface area (Å²) in [5, 5.41) is 0. The summed E-state index contributed by atoms with van der Waals surface area (Å²) in [4.78, 5) is 0. The van der Waals surface area contributed by atoms with Crippen LogP contribution >= 0.6 is 8.25 Å². The van der Waals surface area contributed by atoms with Gasteiger partial charge in [0.2, 0.25) is 10.9 Å². The molecule has 232 valence electrons. The van der Waals surface area contributed by atoms with Gasteiger partial charge in [-0.05, 0) is 71.9 Å². The monoisotopic (exact) mass is 657 g/mol. The first-order valence-electron chi connectivity index (χ1n) is 14.0. The second-order valence-corrected chi connectivity index (χ2v) is 14.2. The Hall–Kier alpha value is -3.28. The van der Waals surface area contributed by atoms with Crippen molar-refractivity contribution in [1.29, 1.82) is 0 Å². The standard InChI is InChI=1S/C32H33O9PS2/c33-42(40-31(43(34,35)36)15-7-9-25-17-21-29(22-18-25)27-11-3-1-4-12-27)41-32(44(37,38)39)16-8-10-26-19-23-30(24-20-26)28-13-5-2-6-14-28/h1-6,11-14,17-24,31-32H,7-10,15-16H2,(H-,34,35,36,37,38,39)/p+1. The summed E-state index contributed by atoms with van der Waals surface area (Å²) in [6.07, 6.45) is 0.953. The third-order valence-corrected chi connectivity index (χ3v) is 10.1. The van der Waals surface area contributed by atoms with Gasteiger partial charge in [-0.25, -0.2) is 0 Å². The number of benzene rings is 4. The zero-order valence-electron chi connectivity index (χ0n) is 23.8. The van der Waals surface area contributed by atoms with E-state index in [1.165, 1.54) is 0 Å². The topological polar surface area (TPSA) is 144 Å². The Morgan fingerprint density at radius 3 is 1.16 bits per heavy atom. The average Bonchev–Trinajstić information content (AvgIpc) is 3.00. The molecule has 0 saturated carbocycles. The van der Waals surface area contributed by atoms with Gasteiger partial charge in [0, 0.05) is 4.57 Å². The van der Waals surface area contributed by atoms with Crippen molar-refractivity contribution in [3.8, 4) is 22.3 Å². The Bertz CT molecular complexity index is 1580. The molecule has 0 spiro atoms. The summed E-state index contributed by atoms with van der Waals surface area (Å²) in [5.74, 6) is 0. The molecule has 44 heavy (non-hydrogen) atoms. The van der Waals surface area contributed by atoms with Gasteiger partial charge >= 0.3 is 8.25 Å². The third-order valence-electron chi connectivity index (χ3n) is 7.00. The van der Waals surface area contributed by atoms with Crippen molar-refractivity contribution in [2.75, 3.05) is 0 Å². The fraction of sp³-hybridized carbons (Fsp3) is 0.250. The molecule has 4 rings (SSSR count). The van der Waals surface area contributed by atoms with Crippen molar-refractivity contribution < 1.29 is 39.6 Å². The van der Waals surface area contributed by atoms with Crippen LogP contribution in [0.1, 0.15) is 36.8 Å². The smallest absolute Gasteiger partial charge is 0.283 e. The van der Waals surface area contributed by atoms with Crippen molar-refractivity contribution in [3.63, 3.8) is 0 Å². The summed E-state index contributed by atoms with van der Waals surface area (Å²) in [6, 6.07) is 35.0. The average molecular weight is 658 g/mol. The molecule has 2 unspecified atom stereocenters. The minimum Gasteiger partial charge on any atom is -0.283 e. The molecule has 2 N–H and O–H groups in total. The lowest BCUT2D eigenvalue weighted by molar-refractivity contribution is 0.170. The molecule has 0 aliphatic rings. The van der Waals surface area contributed by atoms with Crippen LogP contribution in [0.4, 0.5) is 0 Å². The third kappa shape index (κ3) is 10.4. The molecule has 0 amide bonds. The molecule has 0 aliphatic carbocycles. The maximum atomic E-state index is 12.5. The summed E-state index contributed by atoms with van der Waals surface area (Å²) < 4.78 is 89.4. The van der Waals surface area contributed by atoms with Crippen LogP contribution in [0.2, 0.25) is 0 Å². The van der Waals surface area contributed by atoms with Gasteiger partial charge in [0.15, 0.2) is 0 Å². The summed E-state index contributed by atoms with van der Waals surface area (Å²) in [5.41, 5.74) is 2.20. The molecule has 2 atom stereocenters. The molecule has 0 heterocycles. The first kappa shape index (κ1) is 33.6. The Kier molecular flexibility index (Phi) is 11.9. The highest BCUT2D eigenvalue weighted by atomic mass is 32.2. The summed E-state index contributed by atoms with van der Waals surface area (Å²) in [6.45, 7) is 0. The lowest BCUT2D eigenvalue weighted by Gasteiger charge is -2.11. The van der Waals surface area contributed by atoms with Crippen molar-refractivity contribution in [2.24, 2.45) is 0 Å². The number of rotatable bonds is 16. The lowest BCUT2D eigenvalue weighted by Crippen LogP contribution is -2.25. The van der Waals surface area contributed by atoms with Gasteiger partial charge in [-0.1, -0.05) is 118 Å². The van der Waals surface area contributed by atoms with E-state index >= 15 is 0 Å². The van der Waals surface area contributed by atoms with E-state index in [9.17, 15) is 30.5 Å². The molecule has 0 radical (unpaired) electrons. The molecule has 9 nitrogen and oxygen atoms in total. The first-order chi connectivity index (χ1) is 21.0. The molecular formula is C32H34O9PS2+. The van der Waals surface area contributed by atoms with Crippen LogP contribution in [0.25, 0.3) is 22.3 Å². The minimum absolute atomic E-state index is 0.223. The molecule has 0 bridgehead atoms. The van der Waals surface area contributed by atoms with Gasteiger partial charge in [0.05, 0.1) is 0 Å². The molecule has 0 aromatic heterocycles. The Morgan fingerprint density at radius 2 is 0.841 bits per heavy atom. The van der Waals surface area contributed by atoms with E-state index in [0.717, 1.165) is 33.4 Å². The van der Waals surface area contributed by atoms with E-state index in [0.29, 0.717) is 12.8 Å². The molecule has 12 heteroatoms. The van der Waals surface area contributed by atoms with Gasteiger partial charge in [-0.3, -0.25) is 9.11 Å². The van der Waals surface area contributed by atoms with Gasteiger partial charge in [0.25, 0.3) is 20.2 Å². The number of aryl methyl sites for hydroxylation is 2. The van der Waals surface area contributed by atoms with Gasteiger partial charge in [0.1, 0.15) is 0 Å². The largest absolute Gasteiger partial charge is 0.700 e. The quantitative estimate of drug-likeness (QED) is 0.0925. The van der Waals surface area contributed by atoms with Crippen molar-refractivity contribution in [3.05, 3.63) is 120 Å². The zero-order chi connectivity index (χ0) is 31.6. The molecule has 0 aliphatic heterocycles. The van der Waals surface area contributed by atoms with Crippen LogP contribution in [-0.2, 0) is 46.7 Å². The van der Waals surface area contributed by atoms with E-state index < -0.39 is 39.4 Å². The van der Waals surface area contributed by atoms with Gasteiger partial charge in [-0.2, -0.15) is 16.8 Å². The lowest BCUT2D eigenvalue weighted by atomic mass is 10.0. The van der Waals surface area contributed by atoms with Crippen LogP contribution in [0, 0.1) is 0 Å². The highest BCUT2D eigenvalue weighted by Crippen LogP contribution is 2.34. The predicted molar refractivity (Wildman–Crippen MR) is 170 cm³/mol. The van der Waals surface area contributed by atoms with Crippen LogP contribution in [0.3, 0.4) is 0 Å². The van der Waals surface area contributed by atoms with E-state index in [4.69, 9.17) is 9.05 Å². The van der Waals surface area contributed by atoms with Gasteiger partial charge < -0.3 is 0 Å². The van der Waals surface area contributed by atoms with Crippen LogP contribution in [0.15, 0.2) is 109 Å². The van der Waals surface area contributed by atoms with Crippen molar-refractivity contribution >= 4 is 28.5 Å². The predicted octanol–water partition coefficient (Wildman–Crippen LogP) is 7.48. The van der Waals surface area contributed by atoms with Crippen LogP contribution in [-0.4, -0.2) is 36.8 Å². The molecule has 4 aromatic carbocycles. The first-order valence-corrected chi connectivity index (χ1v) is 18.1. The normalized spacial score (nSPS) is 13.7. The Morgan fingerprint density at radius 1 is 0.523 bits per heavy atom. The van der Waals surface area contributed by atoms with E-state index in [1.54, 1.807) is 0 Å². The highest BCUT2D eigenvalue weighted by molar-refractivity contribution is 7.86. The fourth-order valence-corrected chi connectivity index (χ4v) is 7.53. The Labute approximate surface area is 259 Å². The van der Waals surface area contributed by atoms with E-state index in [1.807, 2.05) is 109 Å². The van der Waals surface area contributed by atoms with Crippen molar-refractivity contribution in [2.45, 2.75) is 49.4 Å². The molecule has 0 saturated heterocycles. The van der Waals surface area contributed by atoms with Crippen LogP contribution < -0.4 is 0 Å². The minimum atomic E-state index is -4.80. The molecule has 0 fully saturated rings. The summed E-state index contributed by atoms with van der Waals surface area (Å²) >= 11 is 0. The summed E-state index contributed by atoms with van der Waals surface area (Å²) in [7, 11) is -12.9. The second kappa shape index (κ2) is 15.6. The zero-order valence-corrected chi connectivity index (χ0v) is 26.3. The number of hydrogen-bond donors (Lipinski definition) is 2. The van der Waals surface area contributed by atoms with Crippen molar-refractivity contribution in [1.82, 2.24) is 0 Å². The second-order valence-electron chi connectivity index (χ2n) is 10.2. The van der Waals surface area contributed by atoms with E-state index in [2.05, 4.69) is 0 Å². The fourth-order valence-electron chi connectivity index (χ4n) is 4.66.